The number of fused-ring (bicyclic) bond motifs is 5. The van der Waals surface area contributed by atoms with Crippen molar-refractivity contribution in [1.82, 2.24) is 0 Å². The minimum atomic E-state index is -0.0814. The summed E-state index contributed by atoms with van der Waals surface area (Å²) >= 11 is 0. The summed E-state index contributed by atoms with van der Waals surface area (Å²) in [6.45, 7) is 4.67. The maximum absolute atomic E-state index is 12.3. The molecule has 1 N–H and O–H groups in total. The first-order chi connectivity index (χ1) is 9.95. The first kappa shape index (κ1) is 14.0. The smallest absolute Gasteiger partial charge is 0.139 e. The zero-order chi connectivity index (χ0) is 14.8. The average molecular weight is 288 g/mol. The molecule has 21 heavy (non-hydrogen) atoms. The van der Waals surface area contributed by atoms with E-state index in [-0.39, 0.29) is 11.5 Å². The van der Waals surface area contributed by atoms with Gasteiger partial charge in [-0.15, -0.1) is 0 Å². The number of aliphatic hydroxyl groups excluding tert-OH is 1. The number of ketones is 1. The zero-order valence-corrected chi connectivity index (χ0v) is 13.4. The van der Waals surface area contributed by atoms with Gasteiger partial charge < -0.3 is 5.11 Å². The Morgan fingerprint density at radius 3 is 2.76 bits per heavy atom. The molecule has 4 aliphatic rings. The number of rotatable bonds is 0. The Morgan fingerprint density at radius 1 is 1.14 bits per heavy atom. The standard InChI is InChI=1S/C19H28O2/c1-18-9-7-13(20)11-12(18)3-4-14-15-5-6-17(21)19(15,2)10-8-16(14)18/h8,12-15,20H,3-7,9-11H2,1-2H3/t12-,13+,14-,15-,18-,19-/m0/s1. The Labute approximate surface area is 128 Å². The molecule has 4 rings (SSSR count). The van der Waals surface area contributed by atoms with Crippen LogP contribution in [0.4, 0.5) is 0 Å². The van der Waals surface area contributed by atoms with E-state index in [0.717, 1.165) is 38.5 Å². The summed E-state index contributed by atoms with van der Waals surface area (Å²) < 4.78 is 0. The molecule has 0 spiro atoms. The lowest BCUT2D eigenvalue weighted by atomic mass is 9.49. The predicted molar refractivity (Wildman–Crippen MR) is 82.7 cm³/mol. The third-order valence-electron chi connectivity index (χ3n) is 7.71. The van der Waals surface area contributed by atoms with Gasteiger partial charge in [0.15, 0.2) is 0 Å². The second-order valence-electron chi connectivity index (χ2n) is 8.58. The maximum atomic E-state index is 12.3. The fourth-order valence-electron chi connectivity index (χ4n) is 6.29. The molecule has 116 valence electrons. The van der Waals surface area contributed by atoms with Crippen molar-refractivity contribution < 1.29 is 9.90 Å². The number of hydrogen-bond acceptors (Lipinski definition) is 2. The van der Waals surface area contributed by atoms with Crippen molar-refractivity contribution in [3.63, 3.8) is 0 Å². The fraction of sp³-hybridized carbons (Fsp3) is 0.842. The van der Waals surface area contributed by atoms with Gasteiger partial charge >= 0.3 is 0 Å². The molecule has 2 nitrogen and oxygen atoms in total. The molecular weight excluding hydrogens is 260 g/mol. The lowest BCUT2D eigenvalue weighted by Gasteiger charge is -2.55. The van der Waals surface area contributed by atoms with Crippen molar-refractivity contribution in [2.45, 2.75) is 71.3 Å². The van der Waals surface area contributed by atoms with E-state index >= 15 is 0 Å². The molecule has 2 heteroatoms. The molecule has 6 atom stereocenters. The number of aliphatic hydroxyl groups is 1. The summed E-state index contributed by atoms with van der Waals surface area (Å²) in [6, 6.07) is 0. The summed E-state index contributed by atoms with van der Waals surface area (Å²) in [7, 11) is 0. The quantitative estimate of drug-likeness (QED) is 0.687. The highest BCUT2D eigenvalue weighted by Gasteiger charge is 2.56. The summed E-state index contributed by atoms with van der Waals surface area (Å²) in [5, 5.41) is 10.0. The fourth-order valence-corrected chi connectivity index (χ4v) is 6.29. The van der Waals surface area contributed by atoms with E-state index < -0.39 is 0 Å². The van der Waals surface area contributed by atoms with Gasteiger partial charge in [-0.1, -0.05) is 25.5 Å². The summed E-state index contributed by atoms with van der Waals surface area (Å²) in [5.74, 6) is 2.40. The van der Waals surface area contributed by atoms with Crippen LogP contribution >= 0.6 is 0 Å². The second kappa shape index (κ2) is 4.44. The Bertz CT molecular complexity index is 508. The van der Waals surface area contributed by atoms with Gasteiger partial charge in [-0.05, 0) is 68.1 Å². The Kier molecular flexibility index (Phi) is 2.96. The monoisotopic (exact) mass is 288 g/mol. The molecular formula is C19H28O2. The number of allylic oxidation sites excluding steroid dienone is 2. The maximum Gasteiger partial charge on any atom is 0.139 e. The summed E-state index contributed by atoms with van der Waals surface area (Å²) in [4.78, 5) is 12.3. The zero-order valence-electron chi connectivity index (χ0n) is 13.4. The van der Waals surface area contributed by atoms with E-state index in [9.17, 15) is 9.90 Å². The van der Waals surface area contributed by atoms with Crippen LogP contribution in [0.5, 0.6) is 0 Å². The van der Waals surface area contributed by atoms with E-state index in [1.165, 1.54) is 12.8 Å². The van der Waals surface area contributed by atoms with Gasteiger partial charge in [0, 0.05) is 11.8 Å². The van der Waals surface area contributed by atoms with Crippen molar-refractivity contribution in [1.29, 1.82) is 0 Å². The van der Waals surface area contributed by atoms with Crippen LogP contribution in [-0.2, 0) is 4.79 Å². The van der Waals surface area contributed by atoms with Crippen LogP contribution in [0.25, 0.3) is 0 Å². The molecule has 0 unspecified atom stereocenters. The van der Waals surface area contributed by atoms with E-state index in [2.05, 4.69) is 19.9 Å². The molecule has 0 heterocycles. The number of carbonyl (C=O) groups excluding carboxylic acids is 1. The van der Waals surface area contributed by atoms with Crippen molar-refractivity contribution in [2.75, 3.05) is 0 Å². The SMILES string of the molecule is C[C@]12CC[C@@H](O)C[C@@H]1CC[C@@H]1C2=CC[C@]2(C)C(=O)CC[C@@H]12. The lowest BCUT2D eigenvalue weighted by Crippen LogP contribution is -2.48. The Balaban J connectivity index is 1.71. The molecule has 4 aliphatic carbocycles. The molecule has 0 saturated heterocycles. The minimum absolute atomic E-state index is 0.0639. The number of carbonyl (C=O) groups is 1. The Morgan fingerprint density at radius 2 is 1.95 bits per heavy atom. The Hall–Kier alpha value is -0.630. The highest BCUT2D eigenvalue weighted by atomic mass is 16.3. The first-order valence-electron chi connectivity index (χ1n) is 8.87. The highest BCUT2D eigenvalue weighted by molar-refractivity contribution is 5.87. The van der Waals surface area contributed by atoms with E-state index in [4.69, 9.17) is 0 Å². The normalized spacial score (nSPS) is 52.7. The summed E-state index contributed by atoms with van der Waals surface area (Å²) in [5.41, 5.74) is 1.91. The minimum Gasteiger partial charge on any atom is -0.393 e. The average Bonchev–Trinajstić information content (AvgIpc) is 2.76. The van der Waals surface area contributed by atoms with E-state index in [1.54, 1.807) is 5.57 Å². The van der Waals surface area contributed by atoms with Gasteiger partial charge in [0.05, 0.1) is 6.10 Å². The molecule has 0 aliphatic heterocycles. The van der Waals surface area contributed by atoms with Gasteiger partial charge in [0.2, 0.25) is 0 Å². The molecule has 0 amide bonds. The van der Waals surface area contributed by atoms with Crippen LogP contribution < -0.4 is 0 Å². The van der Waals surface area contributed by atoms with Gasteiger partial charge in [0.25, 0.3) is 0 Å². The predicted octanol–water partition coefficient (Wildman–Crippen LogP) is 3.88. The highest BCUT2D eigenvalue weighted by Crippen LogP contribution is 2.63. The number of hydrogen-bond donors (Lipinski definition) is 1. The van der Waals surface area contributed by atoms with E-state index in [1.807, 2.05) is 0 Å². The summed E-state index contributed by atoms with van der Waals surface area (Å²) in [6.07, 6.45) is 10.8. The van der Waals surface area contributed by atoms with Gasteiger partial charge in [-0.25, -0.2) is 0 Å². The van der Waals surface area contributed by atoms with Crippen molar-refractivity contribution >= 4 is 5.78 Å². The van der Waals surface area contributed by atoms with Crippen molar-refractivity contribution in [2.24, 2.45) is 28.6 Å². The van der Waals surface area contributed by atoms with Crippen LogP contribution in [0, 0.1) is 28.6 Å². The molecule has 3 fully saturated rings. The third kappa shape index (κ3) is 1.78. The second-order valence-corrected chi connectivity index (χ2v) is 8.58. The van der Waals surface area contributed by atoms with Crippen LogP contribution in [0.15, 0.2) is 11.6 Å². The van der Waals surface area contributed by atoms with Crippen LogP contribution in [0.3, 0.4) is 0 Å². The van der Waals surface area contributed by atoms with Crippen LogP contribution in [-0.4, -0.2) is 17.0 Å². The van der Waals surface area contributed by atoms with E-state index in [0.29, 0.717) is 29.0 Å². The topological polar surface area (TPSA) is 37.3 Å². The molecule has 0 bridgehead atoms. The first-order valence-corrected chi connectivity index (χ1v) is 8.87. The van der Waals surface area contributed by atoms with Gasteiger partial charge in [0.1, 0.15) is 5.78 Å². The van der Waals surface area contributed by atoms with Crippen LogP contribution in [0.1, 0.15) is 65.2 Å². The lowest BCUT2D eigenvalue weighted by molar-refractivity contribution is -0.127. The molecule has 0 aromatic rings. The van der Waals surface area contributed by atoms with Crippen molar-refractivity contribution in [3.05, 3.63) is 11.6 Å². The third-order valence-corrected chi connectivity index (χ3v) is 7.71. The van der Waals surface area contributed by atoms with Crippen molar-refractivity contribution in [3.8, 4) is 0 Å². The molecule has 3 saturated carbocycles. The van der Waals surface area contributed by atoms with Gasteiger partial charge in [-0.3, -0.25) is 4.79 Å². The number of Topliss-reactive ketones (excluding diaryl/α,β-unsaturated/α-hetero) is 1. The molecule has 0 aromatic carbocycles. The van der Waals surface area contributed by atoms with Gasteiger partial charge in [-0.2, -0.15) is 0 Å². The largest absolute Gasteiger partial charge is 0.393 e. The molecule has 0 radical (unpaired) electrons. The molecule has 0 aromatic heterocycles. The van der Waals surface area contributed by atoms with Crippen LogP contribution in [0.2, 0.25) is 0 Å².